The van der Waals surface area contributed by atoms with Crippen LogP contribution in [0.4, 0.5) is 5.69 Å². The van der Waals surface area contributed by atoms with Crippen LogP contribution in [0.15, 0.2) is 24.3 Å². The Balaban J connectivity index is 2.05. The van der Waals surface area contributed by atoms with Crippen LogP contribution in [-0.2, 0) is 0 Å². The summed E-state index contributed by atoms with van der Waals surface area (Å²) in [6, 6.07) is 10.1. The van der Waals surface area contributed by atoms with Gasteiger partial charge in [-0.3, -0.25) is 0 Å². The van der Waals surface area contributed by atoms with Gasteiger partial charge in [0.15, 0.2) is 0 Å². The second-order valence-electron chi connectivity index (χ2n) is 6.94. The summed E-state index contributed by atoms with van der Waals surface area (Å²) in [6.45, 7) is 6.96. The number of nitrogens with zero attached hydrogens (tertiary/aromatic N) is 1. The maximum atomic E-state index is 9.67. The Labute approximate surface area is 133 Å². The van der Waals surface area contributed by atoms with E-state index in [0.717, 1.165) is 42.3 Å². The molecule has 1 fully saturated rings. The highest BCUT2D eigenvalue weighted by Crippen LogP contribution is 2.44. The molecule has 0 atom stereocenters. The quantitative estimate of drug-likeness (QED) is 0.781. The summed E-state index contributed by atoms with van der Waals surface area (Å²) in [6.07, 6.45) is 5.27. The lowest BCUT2D eigenvalue weighted by atomic mass is 9.66. The van der Waals surface area contributed by atoms with Crippen molar-refractivity contribution in [2.45, 2.75) is 58.4 Å². The Kier molecular flexibility index (Phi) is 4.84. The molecule has 1 N–H and O–H groups in total. The van der Waals surface area contributed by atoms with E-state index < -0.39 is 5.54 Å². The minimum Gasteiger partial charge on any atom is -0.367 e. The van der Waals surface area contributed by atoms with Crippen molar-refractivity contribution in [2.75, 3.05) is 5.32 Å². The lowest BCUT2D eigenvalue weighted by Crippen LogP contribution is -2.43. The average Bonchev–Trinajstić information content (AvgIpc) is 2.50. The number of halogens is 1. The van der Waals surface area contributed by atoms with E-state index in [0.29, 0.717) is 5.41 Å². The number of hydrogen-bond donors (Lipinski definition) is 1. The summed E-state index contributed by atoms with van der Waals surface area (Å²) in [4.78, 5) is 0. The molecule has 114 valence electrons. The third-order valence-electron chi connectivity index (χ3n) is 5.30. The largest absolute Gasteiger partial charge is 0.367 e. The first-order valence-electron chi connectivity index (χ1n) is 7.86. The van der Waals surface area contributed by atoms with E-state index in [1.807, 2.05) is 24.3 Å². The van der Waals surface area contributed by atoms with E-state index in [2.05, 4.69) is 32.2 Å². The van der Waals surface area contributed by atoms with Crippen LogP contribution in [0.5, 0.6) is 0 Å². The van der Waals surface area contributed by atoms with E-state index in [9.17, 15) is 5.26 Å². The van der Waals surface area contributed by atoms with Gasteiger partial charge in [-0.15, -0.1) is 0 Å². The van der Waals surface area contributed by atoms with Gasteiger partial charge < -0.3 is 5.32 Å². The smallest absolute Gasteiger partial charge is 0.125 e. The van der Waals surface area contributed by atoms with Gasteiger partial charge in [0.05, 0.1) is 6.07 Å². The Morgan fingerprint density at radius 1 is 1.29 bits per heavy atom. The molecule has 1 aliphatic rings. The predicted molar refractivity (Wildman–Crippen MR) is 89.4 cm³/mol. The van der Waals surface area contributed by atoms with Crippen LogP contribution in [0.25, 0.3) is 0 Å². The average molecular weight is 305 g/mol. The second-order valence-corrected chi connectivity index (χ2v) is 7.38. The number of rotatable bonds is 4. The van der Waals surface area contributed by atoms with E-state index in [1.165, 1.54) is 6.42 Å². The van der Waals surface area contributed by atoms with Crippen molar-refractivity contribution in [3.05, 3.63) is 29.3 Å². The lowest BCUT2D eigenvalue weighted by molar-refractivity contribution is 0.135. The fourth-order valence-corrected chi connectivity index (χ4v) is 3.38. The molecule has 21 heavy (non-hydrogen) atoms. The normalized spacial score (nSPS) is 26.1. The molecular formula is C18H25ClN2. The highest BCUT2D eigenvalue weighted by Gasteiger charge is 2.39. The molecule has 0 bridgehead atoms. The van der Waals surface area contributed by atoms with Gasteiger partial charge >= 0.3 is 0 Å². The topological polar surface area (TPSA) is 35.8 Å². The molecule has 0 spiro atoms. The van der Waals surface area contributed by atoms with Crippen LogP contribution in [0.3, 0.4) is 0 Å². The number of nitrogens with one attached hydrogen (secondary N) is 1. The number of nitriles is 1. The van der Waals surface area contributed by atoms with Gasteiger partial charge in [-0.1, -0.05) is 38.8 Å². The summed E-state index contributed by atoms with van der Waals surface area (Å²) in [5.41, 5.74) is 0.935. The van der Waals surface area contributed by atoms with Gasteiger partial charge in [0.25, 0.3) is 0 Å². The molecule has 0 saturated heterocycles. The Bertz CT molecular complexity index is 505. The molecule has 0 heterocycles. The van der Waals surface area contributed by atoms with E-state index in [-0.39, 0.29) is 0 Å². The molecule has 0 radical (unpaired) electrons. The third-order valence-corrected chi connectivity index (χ3v) is 5.55. The van der Waals surface area contributed by atoms with E-state index >= 15 is 0 Å². The maximum absolute atomic E-state index is 9.67. The molecule has 3 heteroatoms. The van der Waals surface area contributed by atoms with Crippen molar-refractivity contribution in [3.8, 4) is 6.07 Å². The van der Waals surface area contributed by atoms with Crippen LogP contribution < -0.4 is 5.32 Å². The van der Waals surface area contributed by atoms with Crippen LogP contribution in [0.1, 0.15) is 52.9 Å². The van der Waals surface area contributed by atoms with Gasteiger partial charge in [-0.2, -0.15) is 5.26 Å². The van der Waals surface area contributed by atoms with Gasteiger partial charge in [-0.05, 0) is 61.3 Å². The highest BCUT2D eigenvalue weighted by atomic mass is 35.5. The van der Waals surface area contributed by atoms with Crippen molar-refractivity contribution in [3.63, 3.8) is 0 Å². The molecule has 0 aromatic heterocycles. The number of anilines is 1. The number of benzene rings is 1. The molecule has 1 aliphatic carbocycles. The first kappa shape index (κ1) is 16.2. The summed E-state index contributed by atoms with van der Waals surface area (Å²) in [5.74, 6) is 0.719. The van der Waals surface area contributed by atoms with Crippen LogP contribution in [-0.4, -0.2) is 5.54 Å². The van der Waals surface area contributed by atoms with Crippen molar-refractivity contribution in [2.24, 2.45) is 11.3 Å². The summed E-state index contributed by atoms with van der Waals surface area (Å²) in [7, 11) is 0. The minimum atomic E-state index is -0.422. The molecular weight excluding hydrogens is 280 g/mol. The molecule has 1 saturated carbocycles. The standard InChI is InChI=1S/C18H25ClN2/c1-4-17(2,3)14-9-11-18(13-20,12-10-14)21-16-7-5-15(19)6-8-16/h5-8,14,21H,4,9-12H2,1-3H3. The molecule has 2 nitrogen and oxygen atoms in total. The summed E-state index contributed by atoms with van der Waals surface area (Å²) >= 11 is 5.92. The van der Waals surface area contributed by atoms with Crippen molar-refractivity contribution in [1.82, 2.24) is 0 Å². The summed E-state index contributed by atoms with van der Waals surface area (Å²) < 4.78 is 0. The zero-order valence-electron chi connectivity index (χ0n) is 13.2. The zero-order chi connectivity index (χ0) is 15.5. The first-order chi connectivity index (χ1) is 9.91. The maximum Gasteiger partial charge on any atom is 0.125 e. The molecule has 0 aliphatic heterocycles. The Hall–Kier alpha value is -1.20. The molecule has 1 aromatic rings. The fraction of sp³-hybridized carbons (Fsp3) is 0.611. The first-order valence-corrected chi connectivity index (χ1v) is 8.23. The van der Waals surface area contributed by atoms with Crippen molar-refractivity contribution < 1.29 is 0 Å². The van der Waals surface area contributed by atoms with Gasteiger partial charge in [-0.25, -0.2) is 0 Å². The molecule has 2 rings (SSSR count). The molecule has 0 amide bonds. The second kappa shape index (κ2) is 6.28. The SMILES string of the molecule is CCC(C)(C)C1CCC(C#N)(Nc2ccc(Cl)cc2)CC1. The Morgan fingerprint density at radius 3 is 2.33 bits per heavy atom. The monoisotopic (exact) mass is 304 g/mol. The number of hydrogen-bond acceptors (Lipinski definition) is 2. The van der Waals surface area contributed by atoms with Crippen LogP contribution in [0.2, 0.25) is 5.02 Å². The zero-order valence-corrected chi connectivity index (χ0v) is 14.0. The predicted octanol–water partition coefficient (Wildman–Crippen LogP) is 5.64. The Morgan fingerprint density at radius 2 is 1.86 bits per heavy atom. The van der Waals surface area contributed by atoms with Crippen molar-refractivity contribution in [1.29, 1.82) is 5.26 Å². The fourth-order valence-electron chi connectivity index (χ4n) is 3.26. The van der Waals surface area contributed by atoms with Gasteiger partial charge in [0.1, 0.15) is 5.54 Å². The summed E-state index contributed by atoms with van der Waals surface area (Å²) in [5, 5.41) is 13.8. The molecule has 0 unspecified atom stereocenters. The highest BCUT2D eigenvalue weighted by molar-refractivity contribution is 6.30. The third kappa shape index (κ3) is 3.71. The van der Waals surface area contributed by atoms with Crippen LogP contribution in [0, 0.1) is 22.7 Å². The minimum absolute atomic E-state index is 0.377. The van der Waals surface area contributed by atoms with Crippen molar-refractivity contribution >= 4 is 17.3 Å². The van der Waals surface area contributed by atoms with Crippen LogP contribution >= 0.6 is 11.6 Å². The van der Waals surface area contributed by atoms with E-state index in [1.54, 1.807) is 0 Å². The van der Waals surface area contributed by atoms with E-state index in [4.69, 9.17) is 11.6 Å². The molecule has 1 aromatic carbocycles. The lowest BCUT2D eigenvalue weighted by Gasteiger charge is -2.42. The van der Waals surface area contributed by atoms with Gasteiger partial charge in [0, 0.05) is 10.7 Å². The van der Waals surface area contributed by atoms with Gasteiger partial charge in [0.2, 0.25) is 0 Å².